The molecule has 0 aliphatic heterocycles. The van der Waals surface area contributed by atoms with Crippen molar-refractivity contribution in [1.29, 1.82) is 0 Å². The molecular weight excluding hydrogens is 234 g/mol. The van der Waals surface area contributed by atoms with Crippen LogP contribution in [-0.2, 0) is 7.05 Å². The molecule has 1 aromatic carbocycles. The summed E-state index contributed by atoms with van der Waals surface area (Å²) in [7, 11) is 3.19. The zero-order valence-electron chi connectivity index (χ0n) is 10.1. The first kappa shape index (κ1) is 12.0. The van der Waals surface area contributed by atoms with Crippen LogP contribution in [0.5, 0.6) is 11.5 Å². The monoisotopic (exact) mass is 247 g/mol. The summed E-state index contributed by atoms with van der Waals surface area (Å²) in [5.74, 6) is 0.721. The van der Waals surface area contributed by atoms with E-state index in [9.17, 15) is 4.79 Å². The van der Waals surface area contributed by atoms with Crippen LogP contribution in [0.25, 0.3) is 0 Å². The highest BCUT2D eigenvalue weighted by atomic mass is 16.5. The fraction of sp³-hybridized carbons (Fsp3) is 0.167. The summed E-state index contributed by atoms with van der Waals surface area (Å²) in [6.45, 7) is 0. The molecule has 0 aliphatic rings. The second-order valence-corrected chi connectivity index (χ2v) is 3.64. The van der Waals surface area contributed by atoms with Crippen LogP contribution < -0.4 is 15.2 Å². The van der Waals surface area contributed by atoms with Gasteiger partial charge >= 0.3 is 5.97 Å². The van der Waals surface area contributed by atoms with Gasteiger partial charge in [-0.2, -0.15) is 5.10 Å². The number of anilines is 1. The van der Waals surface area contributed by atoms with E-state index in [4.69, 9.17) is 15.2 Å². The molecule has 0 fully saturated rings. The van der Waals surface area contributed by atoms with Crippen molar-refractivity contribution in [2.45, 2.75) is 0 Å². The molecule has 1 aromatic heterocycles. The number of benzene rings is 1. The fourth-order valence-electron chi connectivity index (χ4n) is 1.43. The van der Waals surface area contributed by atoms with Crippen LogP contribution in [0, 0.1) is 0 Å². The van der Waals surface area contributed by atoms with Crippen molar-refractivity contribution in [2.75, 3.05) is 12.8 Å². The predicted octanol–water partition coefficient (Wildman–Crippen LogP) is 1.23. The Morgan fingerprint density at radius 1 is 1.39 bits per heavy atom. The van der Waals surface area contributed by atoms with Gasteiger partial charge in [-0.25, -0.2) is 4.79 Å². The van der Waals surface area contributed by atoms with Crippen LogP contribution in [0.4, 0.5) is 5.82 Å². The Labute approximate surface area is 104 Å². The number of nitrogen functional groups attached to an aromatic ring is 1. The molecule has 6 nitrogen and oxygen atoms in total. The maximum absolute atomic E-state index is 11.9. The van der Waals surface area contributed by atoms with Gasteiger partial charge in [0.2, 0.25) is 0 Å². The Kier molecular flexibility index (Phi) is 3.18. The van der Waals surface area contributed by atoms with Gasteiger partial charge < -0.3 is 15.2 Å². The third kappa shape index (κ3) is 2.27. The lowest BCUT2D eigenvalue weighted by Gasteiger charge is -2.05. The number of nitrogens with two attached hydrogens (primary N) is 1. The molecule has 0 aliphatic carbocycles. The summed E-state index contributed by atoms with van der Waals surface area (Å²) >= 11 is 0. The van der Waals surface area contributed by atoms with Gasteiger partial charge in [-0.15, -0.1) is 0 Å². The molecule has 0 saturated heterocycles. The van der Waals surface area contributed by atoms with Crippen LogP contribution in [0.1, 0.15) is 10.4 Å². The molecule has 0 unspecified atom stereocenters. The van der Waals surface area contributed by atoms with Gasteiger partial charge in [-0.1, -0.05) is 6.07 Å². The highest BCUT2D eigenvalue weighted by Crippen LogP contribution is 2.21. The lowest BCUT2D eigenvalue weighted by Crippen LogP contribution is -2.11. The van der Waals surface area contributed by atoms with E-state index in [2.05, 4.69) is 5.10 Å². The Morgan fingerprint density at radius 3 is 2.72 bits per heavy atom. The number of ether oxygens (including phenoxy) is 2. The maximum atomic E-state index is 11.9. The topological polar surface area (TPSA) is 79.4 Å². The van der Waals surface area contributed by atoms with Gasteiger partial charge in [0.25, 0.3) is 0 Å². The van der Waals surface area contributed by atoms with E-state index in [0.717, 1.165) is 0 Å². The van der Waals surface area contributed by atoms with Gasteiger partial charge in [-0.05, 0) is 12.1 Å². The summed E-state index contributed by atoms with van der Waals surface area (Å²) < 4.78 is 11.6. The van der Waals surface area contributed by atoms with Crippen LogP contribution >= 0.6 is 0 Å². The molecule has 0 radical (unpaired) electrons. The number of rotatable bonds is 3. The normalized spacial score (nSPS) is 10.1. The van der Waals surface area contributed by atoms with E-state index in [1.54, 1.807) is 38.4 Å². The minimum absolute atomic E-state index is 0.236. The molecule has 0 saturated carbocycles. The number of methoxy groups -OCH3 is 1. The Hall–Kier alpha value is -2.50. The van der Waals surface area contributed by atoms with Crippen LogP contribution in [0.2, 0.25) is 0 Å². The summed E-state index contributed by atoms with van der Waals surface area (Å²) in [5.41, 5.74) is 5.92. The summed E-state index contributed by atoms with van der Waals surface area (Å²) in [6.07, 6.45) is 1.37. The fourth-order valence-corrected chi connectivity index (χ4v) is 1.43. The number of carbonyl (C=O) groups excluding carboxylic acids is 1. The lowest BCUT2D eigenvalue weighted by atomic mass is 10.3. The van der Waals surface area contributed by atoms with Crippen molar-refractivity contribution >= 4 is 11.8 Å². The van der Waals surface area contributed by atoms with Crippen molar-refractivity contribution in [2.24, 2.45) is 7.05 Å². The average molecular weight is 247 g/mol. The van der Waals surface area contributed by atoms with E-state index >= 15 is 0 Å². The summed E-state index contributed by atoms with van der Waals surface area (Å²) in [6, 6.07) is 6.77. The maximum Gasteiger partial charge on any atom is 0.348 e. The zero-order chi connectivity index (χ0) is 13.1. The predicted molar refractivity (Wildman–Crippen MR) is 65.6 cm³/mol. The molecule has 2 N–H and O–H groups in total. The molecule has 2 aromatic rings. The van der Waals surface area contributed by atoms with Gasteiger partial charge in [0.15, 0.2) is 0 Å². The molecule has 94 valence electrons. The molecule has 0 amide bonds. The molecule has 0 spiro atoms. The van der Waals surface area contributed by atoms with Crippen LogP contribution in [-0.4, -0.2) is 22.9 Å². The Morgan fingerprint density at radius 2 is 2.11 bits per heavy atom. The second kappa shape index (κ2) is 4.79. The van der Waals surface area contributed by atoms with Crippen LogP contribution in [0.3, 0.4) is 0 Å². The van der Waals surface area contributed by atoms with E-state index in [1.807, 2.05) is 0 Å². The van der Waals surface area contributed by atoms with Crippen molar-refractivity contribution < 1.29 is 14.3 Å². The molecule has 2 rings (SSSR count). The third-order valence-electron chi connectivity index (χ3n) is 2.46. The number of esters is 1. The number of aryl methyl sites for hydroxylation is 1. The molecular formula is C12H13N3O3. The smallest absolute Gasteiger partial charge is 0.348 e. The van der Waals surface area contributed by atoms with E-state index in [0.29, 0.717) is 11.5 Å². The highest BCUT2D eigenvalue weighted by molar-refractivity contribution is 5.95. The van der Waals surface area contributed by atoms with Gasteiger partial charge in [0.1, 0.15) is 22.9 Å². The third-order valence-corrected chi connectivity index (χ3v) is 2.46. The first-order chi connectivity index (χ1) is 8.61. The van der Waals surface area contributed by atoms with Crippen molar-refractivity contribution in [3.63, 3.8) is 0 Å². The number of carbonyl (C=O) groups is 1. The summed E-state index contributed by atoms with van der Waals surface area (Å²) in [4.78, 5) is 11.9. The first-order valence-electron chi connectivity index (χ1n) is 5.25. The van der Waals surface area contributed by atoms with E-state index in [-0.39, 0.29) is 11.4 Å². The molecule has 6 heteroatoms. The SMILES string of the molecule is COc1cccc(OC(=O)c2cnn(C)c2N)c1. The molecule has 0 atom stereocenters. The largest absolute Gasteiger partial charge is 0.497 e. The van der Waals surface area contributed by atoms with Gasteiger partial charge in [0, 0.05) is 13.1 Å². The van der Waals surface area contributed by atoms with Crippen molar-refractivity contribution in [3.05, 3.63) is 36.0 Å². The quantitative estimate of drug-likeness (QED) is 0.651. The van der Waals surface area contributed by atoms with E-state index in [1.165, 1.54) is 10.9 Å². The van der Waals surface area contributed by atoms with Crippen molar-refractivity contribution in [1.82, 2.24) is 9.78 Å². The number of nitrogens with zero attached hydrogens (tertiary/aromatic N) is 2. The van der Waals surface area contributed by atoms with Gasteiger partial charge in [0.05, 0.1) is 13.3 Å². The second-order valence-electron chi connectivity index (χ2n) is 3.64. The Balaban J connectivity index is 2.18. The lowest BCUT2D eigenvalue weighted by molar-refractivity contribution is 0.0735. The summed E-state index contributed by atoms with van der Waals surface area (Å²) in [5, 5.41) is 3.88. The number of hydrogen-bond acceptors (Lipinski definition) is 5. The zero-order valence-corrected chi connectivity index (χ0v) is 10.1. The Bertz CT molecular complexity index is 578. The number of hydrogen-bond donors (Lipinski definition) is 1. The van der Waals surface area contributed by atoms with Gasteiger partial charge in [-0.3, -0.25) is 4.68 Å². The molecule has 1 heterocycles. The number of aromatic nitrogens is 2. The molecule has 18 heavy (non-hydrogen) atoms. The minimum atomic E-state index is -0.547. The highest BCUT2D eigenvalue weighted by Gasteiger charge is 2.16. The van der Waals surface area contributed by atoms with Crippen molar-refractivity contribution in [3.8, 4) is 11.5 Å². The standard InChI is InChI=1S/C12H13N3O3/c1-15-11(13)10(7-14-15)12(16)18-9-5-3-4-8(6-9)17-2/h3-7H,13H2,1-2H3. The average Bonchev–Trinajstić information content (AvgIpc) is 2.70. The minimum Gasteiger partial charge on any atom is -0.497 e. The van der Waals surface area contributed by atoms with E-state index < -0.39 is 5.97 Å². The first-order valence-corrected chi connectivity index (χ1v) is 5.25. The van der Waals surface area contributed by atoms with Crippen LogP contribution in [0.15, 0.2) is 30.5 Å². The molecule has 0 bridgehead atoms.